The molecule has 1 amide bonds. The number of amides is 1. The van der Waals surface area contributed by atoms with Gasteiger partial charge in [-0.05, 0) is 36.6 Å². The molecule has 4 nitrogen and oxygen atoms in total. The van der Waals surface area contributed by atoms with Crippen molar-refractivity contribution in [2.45, 2.75) is 44.3 Å². The van der Waals surface area contributed by atoms with Crippen LogP contribution in [0.15, 0.2) is 30.3 Å². The van der Waals surface area contributed by atoms with Crippen LogP contribution in [0.2, 0.25) is 0 Å². The van der Waals surface area contributed by atoms with Gasteiger partial charge < -0.3 is 10.1 Å². The van der Waals surface area contributed by atoms with Gasteiger partial charge in [-0.2, -0.15) is 13.2 Å². The van der Waals surface area contributed by atoms with E-state index in [4.69, 9.17) is 4.74 Å². The summed E-state index contributed by atoms with van der Waals surface area (Å²) in [5.74, 6) is -1.07. The third-order valence-electron chi connectivity index (χ3n) is 3.97. The number of carbonyl (C=O) groups excluding carboxylic acids is 2. The van der Waals surface area contributed by atoms with Gasteiger partial charge in [0, 0.05) is 12.1 Å². The summed E-state index contributed by atoms with van der Waals surface area (Å²) in [6, 6.07) is 4.51. The van der Waals surface area contributed by atoms with Crippen LogP contribution < -0.4 is 5.32 Å². The van der Waals surface area contributed by atoms with Crippen LogP contribution in [0.5, 0.6) is 0 Å². The Bertz CT molecular complexity index is 617. The van der Waals surface area contributed by atoms with Crippen molar-refractivity contribution in [2.24, 2.45) is 0 Å². The molecule has 2 rings (SSSR count). The van der Waals surface area contributed by atoms with Gasteiger partial charge in [0.25, 0.3) is 5.91 Å². The number of esters is 1. The molecule has 0 radical (unpaired) electrons. The molecule has 1 aliphatic carbocycles. The van der Waals surface area contributed by atoms with Crippen LogP contribution in [-0.4, -0.2) is 24.5 Å². The molecular formula is C18H20F3NO3. The molecule has 0 heterocycles. The average Bonchev–Trinajstić information content (AvgIpc) is 2.58. The standard InChI is InChI=1S/C18H20F3NO3/c19-18(20,21)14-9-6-13(7-10-14)8-11-17(24)25-12-16(23)22-15-4-2-1-3-5-15/h6-11,15H,1-5,12H2,(H,22,23)/b11-8+. The lowest BCUT2D eigenvalue weighted by Crippen LogP contribution is -2.38. The van der Waals surface area contributed by atoms with Crippen LogP contribution in [0.3, 0.4) is 0 Å². The van der Waals surface area contributed by atoms with Gasteiger partial charge >= 0.3 is 12.1 Å². The van der Waals surface area contributed by atoms with Crippen molar-refractivity contribution in [1.29, 1.82) is 0 Å². The van der Waals surface area contributed by atoms with Crippen LogP contribution >= 0.6 is 0 Å². The van der Waals surface area contributed by atoms with E-state index in [9.17, 15) is 22.8 Å². The average molecular weight is 355 g/mol. The molecule has 136 valence electrons. The Morgan fingerprint density at radius 1 is 1.12 bits per heavy atom. The summed E-state index contributed by atoms with van der Waals surface area (Å²) in [6.45, 7) is -0.368. The number of alkyl halides is 3. The molecule has 0 spiro atoms. The van der Waals surface area contributed by atoms with Crippen molar-refractivity contribution >= 4 is 18.0 Å². The Labute approximate surface area is 144 Å². The van der Waals surface area contributed by atoms with Crippen molar-refractivity contribution in [3.63, 3.8) is 0 Å². The van der Waals surface area contributed by atoms with E-state index in [0.717, 1.165) is 43.9 Å². The number of benzene rings is 1. The minimum atomic E-state index is -4.40. The fourth-order valence-corrected chi connectivity index (χ4v) is 2.65. The van der Waals surface area contributed by atoms with Crippen LogP contribution in [0.4, 0.5) is 13.2 Å². The van der Waals surface area contributed by atoms with E-state index in [2.05, 4.69) is 5.32 Å². The van der Waals surface area contributed by atoms with Crippen LogP contribution in [0.1, 0.15) is 43.2 Å². The number of rotatable bonds is 5. The normalized spacial score (nSPS) is 16.0. The summed E-state index contributed by atoms with van der Waals surface area (Å²) < 4.78 is 42.2. The second-order valence-corrected chi connectivity index (χ2v) is 5.96. The van der Waals surface area contributed by atoms with Gasteiger partial charge in [-0.3, -0.25) is 4.79 Å². The first-order chi connectivity index (χ1) is 11.8. The molecule has 25 heavy (non-hydrogen) atoms. The lowest BCUT2D eigenvalue weighted by Gasteiger charge is -2.22. The molecule has 0 aromatic heterocycles. The van der Waals surface area contributed by atoms with Gasteiger partial charge in [0.1, 0.15) is 0 Å². The highest BCUT2D eigenvalue weighted by molar-refractivity contribution is 5.89. The Morgan fingerprint density at radius 3 is 2.36 bits per heavy atom. The molecule has 7 heteroatoms. The molecule has 1 aliphatic rings. The number of ether oxygens (including phenoxy) is 1. The predicted molar refractivity (Wildman–Crippen MR) is 86.5 cm³/mol. The maximum absolute atomic E-state index is 12.4. The van der Waals surface area contributed by atoms with Crippen LogP contribution in [-0.2, 0) is 20.5 Å². The SMILES string of the molecule is O=C(COC(=O)/C=C/c1ccc(C(F)(F)F)cc1)NC1CCCCC1. The number of halogens is 3. The molecule has 1 N–H and O–H groups in total. The maximum Gasteiger partial charge on any atom is 0.416 e. The molecule has 0 bridgehead atoms. The lowest BCUT2D eigenvalue weighted by atomic mass is 9.95. The van der Waals surface area contributed by atoms with Crippen LogP contribution in [0, 0.1) is 0 Å². The Morgan fingerprint density at radius 2 is 1.76 bits per heavy atom. The number of hydrogen-bond acceptors (Lipinski definition) is 3. The minimum Gasteiger partial charge on any atom is -0.452 e. The van der Waals surface area contributed by atoms with E-state index in [1.165, 1.54) is 24.6 Å². The summed E-state index contributed by atoms with van der Waals surface area (Å²) in [6.07, 6.45) is 3.24. The topological polar surface area (TPSA) is 55.4 Å². The molecular weight excluding hydrogens is 335 g/mol. The van der Waals surface area contributed by atoms with E-state index >= 15 is 0 Å². The lowest BCUT2D eigenvalue weighted by molar-refractivity contribution is -0.144. The summed E-state index contributed by atoms with van der Waals surface area (Å²) in [5, 5.41) is 2.82. The minimum absolute atomic E-state index is 0.141. The Hall–Kier alpha value is -2.31. The second-order valence-electron chi connectivity index (χ2n) is 5.96. The van der Waals surface area contributed by atoms with Gasteiger partial charge in [0.05, 0.1) is 5.56 Å². The number of nitrogens with one attached hydrogen (secondary N) is 1. The summed E-state index contributed by atoms with van der Waals surface area (Å²) >= 11 is 0. The largest absolute Gasteiger partial charge is 0.452 e. The van der Waals surface area contributed by atoms with E-state index < -0.39 is 17.7 Å². The van der Waals surface area contributed by atoms with E-state index in [-0.39, 0.29) is 18.6 Å². The highest BCUT2D eigenvalue weighted by Gasteiger charge is 2.29. The summed E-state index contributed by atoms with van der Waals surface area (Å²) in [4.78, 5) is 23.3. The molecule has 0 unspecified atom stereocenters. The second kappa shape index (κ2) is 8.69. The van der Waals surface area contributed by atoms with Crippen molar-refractivity contribution in [2.75, 3.05) is 6.61 Å². The zero-order valence-corrected chi connectivity index (χ0v) is 13.6. The monoisotopic (exact) mass is 355 g/mol. The first kappa shape index (κ1) is 19.0. The van der Waals surface area contributed by atoms with Crippen molar-refractivity contribution < 1.29 is 27.5 Å². The van der Waals surface area contributed by atoms with Gasteiger partial charge in [0.15, 0.2) is 6.61 Å². The van der Waals surface area contributed by atoms with Crippen molar-refractivity contribution in [1.82, 2.24) is 5.32 Å². The Balaban J connectivity index is 1.75. The zero-order valence-electron chi connectivity index (χ0n) is 13.6. The van der Waals surface area contributed by atoms with Gasteiger partial charge in [0.2, 0.25) is 0 Å². The third-order valence-corrected chi connectivity index (χ3v) is 3.97. The van der Waals surface area contributed by atoms with E-state index in [1.54, 1.807) is 0 Å². The van der Waals surface area contributed by atoms with Gasteiger partial charge in [-0.1, -0.05) is 31.4 Å². The van der Waals surface area contributed by atoms with Crippen molar-refractivity contribution in [3.8, 4) is 0 Å². The molecule has 1 fully saturated rings. The molecule has 0 aliphatic heterocycles. The molecule has 1 aromatic rings. The molecule has 0 atom stereocenters. The number of hydrogen-bond donors (Lipinski definition) is 1. The van der Waals surface area contributed by atoms with E-state index in [0.29, 0.717) is 5.56 Å². The third kappa shape index (κ3) is 6.60. The summed E-state index contributed by atoms with van der Waals surface area (Å²) in [7, 11) is 0. The van der Waals surface area contributed by atoms with Gasteiger partial charge in [-0.15, -0.1) is 0 Å². The van der Waals surface area contributed by atoms with Gasteiger partial charge in [-0.25, -0.2) is 4.79 Å². The first-order valence-corrected chi connectivity index (χ1v) is 8.16. The predicted octanol–water partition coefficient (Wildman–Crippen LogP) is 3.71. The zero-order chi connectivity index (χ0) is 18.3. The number of carbonyl (C=O) groups is 2. The Kier molecular flexibility index (Phi) is 6.61. The van der Waals surface area contributed by atoms with Crippen LogP contribution in [0.25, 0.3) is 6.08 Å². The fourth-order valence-electron chi connectivity index (χ4n) is 2.65. The van der Waals surface area contributed by atoms with E-state index in [1.807, 2.05) is 0 Å². The quantitative estimate of drug-likeness (QED) is 0.647. The smallest absolute Gasteiger partial charge is 0.416 e. The first-order valence-electron chi connectivity index (χ1n) is 8.16. The molecule has 0 saturated heterocycles. The molecule has 1 saturated carbocycles. The fraction of sp³-hybridized carbons (Fsp3) is 0.444. The summed E-state index contributed by atoms with van der Waals surface area (Å²) in [5.41, 5.74) is -0.330. The highest BCUT2D eigenvalue weighted by Crippen LogP contribution is 2.29. The maximum atomic E-state index is 12.4. The van der Waals surface area contributed by atoms with Crippen molar-refractivity contribution in [3.05, 3.63) is 41.5 Å². The molecule has 1 aromatic carbocycles. The highest BCUT2D eigenvalue weighted by atomic mass is 19.4.